The van der Waals surface area contributed by atoms with Crippen molar-refractivity contribution in [2.24, 2.45) is 0 Å². The minimum atomic E-state index is -0.468. The van der Waals surface area contributed by atoms with E-state index in [1.54, 1.807) is 13.8 Å². The molecular weight excluding hydrogens is 171 g/mol. The van der Waals surface area contributed by atoms with Crippen molar-refractivity contribution >= 4 is 0 Å². The molecule has 1 unspecified atom stereocenters. The van der Waals surface area contributed by atoms with Crippen molar-refractivity contribution in [1.82, 2.24) is 0 Å². The van der Waals surface area contributed by atoms with Crippen LogP contribution in [-0.4, -0.2) is 16.8 Å². The molecule has 0 aliphatic heterocycles. The van der Waals surface area contributed by atoms with Crippen molar-refractivity contribution in [3.05, 3.63) is 29.1 Å². The number of phenols is 1. The van der Waals surface area contributed by atoms with Gasteiger partial charge < -0.3 is 10.2 Å². The second-order valence-electron chi connectivity index (χ2n) is 3.21. The monoisotopic (exact) mass is 184 g/mol. The molecular formula is C10H13FO2. The molecule has 0 bridgehead atoms. The van der Waals surface area contributed by atoms with Crippen molar-refractivity contribution in [3.63, 3.8) is 0 Å². The molecule has 3 heteroatoms. The van der Waals surface area contributed by atoms with Crippen molar-refractivity contribution in [2.45, 2.75) is 19.8 Å². The van der Waals surface area contributed by atoms with Gasteiger partial charge in [-0.05, 0) is 18.6 Å². The fourth-order valence-corrected chi connectivity index (χ4v) is 1.25. The van der Waals surface area contributed by atoms with Crippen LogP contribution in [0.4, 0.5) is 4.39 Å². The molecule has 1 rings (SSSR count). The molecule has 0 amide bonds. The highest BCUT2D eigenvalue weighted by atomic mass is 19.1. The SMILES string of the molecule is Cc1ccc(F)c(C(C)CO)c1O. The maximum atomic E-state index is 13.2. The second-order valence-corrected chi connectivity index (χ2v) is 3.21. The second kappa shape index (κ2) is 3.75. The summed E-state index contributed by atoms with van der Waals surface area (Å²) in [6, 6.07) is 2.81. The molecule has 0 spiro atoms. The van der Waals surface area contributed by atoms with Crippen LogP contribution >= 0.6 is 0 Å². The van der Waals surface area contributed by atoms with Crippen LogP contribution in [0, 0.1) is 12.7 Å². The van der Waals surface area contributed by atoms with Crippen molar-refractivity contribution in [3.8, 4) is 5.75 Å². The predicted molar refractivity (Wildman–Crippen MR) is 48.3 cm³/mol. The molecule has 0 aliphatic rings. The van der Waals surface area contributed by atoms with Gasteiger partial charge >= 0.3 is 0 Å². The summed E-state index contributed by atoms with van der Waals surface area (Å²) in [5.41, 5.74) is 0.819. The van der Waals surface area contributed by atoms with Crippen molar-refractivity contribution in [2.75, 3.05) is 6.61 Å². The largest absolute Gasteiger partial charge is 0.507 e. The summed E-state index contributed by atoms with van der Waals surface area (Å²) in [6.07, 6.45) is 0. The lowest BCUT2D eigenvalue weighted by atomic mass is 9.98. The fraction of sp³-hybridized carbons (Fsp3) is 0.400. The zero-order chi connectivity index (χ0) is 10.0. The average Bonchev–Trinajstić information content (AvgIpc) is 2.12. The number of hydrogen-bond acceptors (Lipinski definition) is 2. The van der Waals surface area contributed by atoms with Gasteiger partial charge in [0.15, 0.2) is 0 Å². The maximum Gasteiger partial charge on any atom is 0.130 e. The number of benzene rings is 1. The molecule has 2 N–H and O–H groups in total. The highest BCUT2D eigenvalue weighted by Gasteiger charge is 2.16. The van der Waals surface area contributed by atoms with E-state index in [0.717, 1.165) is 0 Å². The molecule has 13 heavy (non-hydrogen) atoms. The van der Waals surface area contributed by atoms with Crippen molar-refractivity contribution in [1.29, 1.82) is 0 Å². The van der Waals surface area contributed by atoms with E-state index >= 15 is 0 Å². The van der Waals surface area contributed by atoms with Crippen LogP contribution in [0.15, 0.2) is 12.1 Å². The fourth-order valence-electron chi connectivity index (χ4n) is 1.25. The third kappa shape index (κ3) is 1.80. The third-order valence-electron chi connectivity index (χ3n) is 2.13. The highest BCUT2D eigenvalue weighted by Crippen LogP contribution is 2.30. The van der Waals surface area contributed by atoms with Crippen LogP contribution in [-0.2, 0) is 0 Å². The molecule has 72 valence electrons. The Kier molecular flexibility index (Phi) is 2.88. The zero-order valence-corrected chi connectivity index (χ0v) is 7.71. The summed E-state index contributed by atoms with van der Waals surface area (Å²) in [5.74, 6) is -0.897. The summed E-state index contributed by atoms with van der Waals surface area (Å²) >= 11 is 0. The van der Waals surface area contributed by atoms with Crippen LogP contribution in [0.5, 0.6) is 5.75 Å². The molecule has 0 fully saturated rings. The van der Waals surface area contributed by atoms with Crippen LogP contribution in [0.3, 0.4) is 0 Å². The Morgan fingerprint density at radius 3 is 2.62 bits per heavy atom. The molecule has 1 atom stereocenters. The Morgan fingerprint density at radius 2 is 2.08 bits per heavy atom. The molecule has 2 nitrogen and oxygen atoms in total. The number of phenolic OH excluding ortho intramolecular Hbond substituents is 1. The average molecular weight is 184 g/mol. The Bertz CT molecular complexity index is 310. The van der Waals surface area contributed by atoms with Gasteiger partial charge in [-0.15, -0.1) is 0 Å². The summed E-state index contributed by atoms with van der Waals surface area (Å²) < 4.78 is 13.2. The summed E-state index contributed by atoms with van der Waals surface area (Å²) in [5, 5.41) is 18.4. The molecule has 0 aliphatic carbocycles. The van der Waals surface area contributed by atoms with E-state index in [-0.39, 0.29) is 23.8 Å². The van der Waals surface area contributed by atoms with E-state index in [0.29, 0.717) is 5.56 Å². The van der Waals surface area contributed by atoms with Gasteiger partial charge in [-0.1, -0.05) is 13.0 Å². The molecule has 1 aromatic carbocycles. The van der Waals surface area contributed by atoms with Crippen LogP contribution < -0.4 is 0 Å². The Morgan fingerprint density at radius 1 is 1.46 bits per heavy atom. The Hall–Kier alpha value is -1.09. The van der Waals surface area contributed by atoms with Gasteiger partial charge in [0.25, 0.3) is 0 Å². The molecule has 0 saturated carbocycles. The molecule has 0 aromatic heterocycles. The van der Waals surface area contributed by atoms with Crippen LogP contribution in [0.25, 0.3) is 0 Å². The molecule has 0 heterocycles. The normalized spacial score (nSPS) is 12.9. The molecule has 0 saturated heterocycles. The van der Waals surface area contributed by atoms with E-state index < -0.39 is 5.82 Å². The maximum absolute atomic E-state index is 13.2. The number of aliphatic hydroxyl groups excluding tert-OH is 1. The smallest absolute Gasteiger partial charge is 0.130 e. The Labute approximate surface area is 76.6 Å². The molecule has 1 aromatic rings. The first-order valence-corrected chi connectivity index (χ1v) is 4.16. The Balaban J connectivity index is 3.25. The third-order valence-corrected chi connectivity index (χ3v) is 2.13. The van der Waals surface area contributed by atoms with Gasteiger partial charge in [0.1, 0.15) is 11.6 Å². The number of halogens is 1. The summed E-state index contributed by atoms with van der Waals surface area (Å²) in [6.45, 7) is 3.19. The van der Waals surface area contributed by atoms with E-state index in [1.165, 1.54) is 12.1 Å². The van der Waals surface area contributed by atoms with Gasteiger partial charge in [-0.25, -0.2) is 4.39 Å². The minimum Gasteiger partial charge on any atom is -0.507 e. The number of aromatic hydroxyl groups is 1. The molecule has 0 radical (unpaired) electrons. The summed E-state index contributed by atoms with van der Waals surface area (Å²) in [4.78, 5) is 0. The lowest BCUT2D eigenvalue weighted by Gasteiger charge is -2.13. The lowest BCUT2D eigenvalue weighted by molar-refractivity contribution is 0.267. The van der Waals surface area contributed by atoms with E-state index in [1.807, 2.05) is 0 Å². The van der Waals surface area contributed by atoms with Crippen LogP contribution in [0.2, 0.25) is 0 Å². The van der Waals surface area contributed by atoms with E-state index in [2.05, 4.69) is 0 Å². The van der Waals surface area contributed by atoms with Crippen molar-refractivity contribution < 1.29 is 14.6 Å². The number of hydrogen-bond donors (Lipinski definition) is 2. The first kappa shape index (κ1) is 9.99. The topological polar surface area (TPSA) is 40.5 Å². The predicted octanol–water partition coefficient (Wildman–Crippen LogP) is 1.94. The number of aliphatic hydroxyl groups is 1. The van der Waals surface area contributed by atoms with Crippen LogP contribution in [0.1, 0.15) is 24.0 Å². The number of aryl methyl sites for hydroxylation is 1. The summed E-state index contributed by atoms with van der Waals surface area (Å²) in [7, 11) is 0. The quantitative estimate of drug-likeness (QED) is 0.737. The van der Waals surface area contributed by atoms with Gasteiger partial charge in [0, 0.05) is 18.1 Å². The standard InChI is InChI=1S/C10H13FO2/c1-6-3-4-8(11)9(10(6)13)7(2)5-12/h3-4,7,12-13H,5H2,1-2H3. The first-order valence-electron chi connectivity index (χ1n) is 4.16. The minimum absolute atomic E-state index is 0.0541. The number of rotatable bonds is 2. The van der Waals surface area contributed by atoms with E-state index in [4.69, 9.17) is 5.11 Å². The van der Waals surface area contributed by atoms with Gasteiger partial charge in [-0.2, -0.15) is 0 Å². The van der Waals surface area contributed by atoms with Gasteiger partial charge in [0.05, 0.1) is 0 Å². The highest BCUT2D eigenvalue weighted by molar-refractivity contribution is 5.42. The lowest BCUT2D eigenvalue weighted by Crippen LogP contribution is -2.03. The first-order chi connectivity index (χ1) is 6.07. The zero-order valence-electron chi connectivity index (χ0n) is 7.71. The van der Waals surface area contributed by atoms with Gasteiger partial charge in [-0.3, -0.25) is 0 Å². The van der Waals surface area contributed by atoms with E-state index in [9.17, 15) is 9.50 Å². The van der Waals surface area contributed by atoms with Gasteiger partial charge in [0.2, 0.25) is 0 Å².